The van der Waals surface area contributed by atoms with Gasteiger partial charge in [0, 0.05) is 6.07 Å². The first-order valence-corrected chi connectivity index (χ1v) is 3.65. The van der Waals surface area contributed by atoms with Gasteiger partial charge in [0.2, 0.25) is 0 Å². The highest BCUT2D eigenvalue weighted by atomic mass is 79.9. The van der Waals surface area contributed by atoms with Gasteiger partial charge in [-0.3, -0.25) is 4.98 Å². The largest absolute Gasteiger partial charge is 0.348 e. The first-order chi connectivity index (χ1) is 5.27. The van der Waals surface area contributed by atoms with Crippen molar-refractivity contribution in [2.24, 2.45) is 0 Å². The molecule has 0 atom stereocenters. The molecule has 0 aliphatic carbocycles. The molecule has 2 heterocycles. The third kappa shape index (κ3) is 0.949. The Morgan fingerprint density at radius 1 is 1.64 bits per heavy atom. The minimum absolute atomic E-state index is 0.299. The predicted octanol–water partition coefficient (Wildman–Crippen LogP) is 0.180. The zero-order chi connectivity index (χ0) is 7.84. The summed E-state index contributed by atoms with van der Waals surface area (Å²) in [6.07, 6.45) is 1.33. The summed E-state index contributed by atoms with van der Waals surface area (Å²) >= 11 is 3.13. The van der Waals surface area contributed by atoms with E-state index in [9.17, 15) is 4.79 Å². The predicted molar refractivity (Wildman–Crippen MR) is 41.3 cm³/mol. The quantitative estimate of drug-likeness (QED) is 0.637. The monoisotopic (exact) mass is 214 g/mol. The summed E-state index contributed by atoms with van der Waals surface area (Å²) in [5, 5.41) is 3.70. The number of H-pyrrole nitrogens is 1. The Morgan fingerprint density at radius 2 is 2.45 bits per heavy atom. The molecule has 0 amide bonds. The molecule has 11 heavy (non-hydrogen) atoms. The van der Waals surface area contributed by atoms with Crippen molar-refractivity contribution in [1.82, 2.24) is 19.6 Å². The fourth-order valence-corrected chi connectivity index (χ4v) is 1.18. The lowest BCUT2D eigenvalue weighted by Crippen LogP contribution is -2.16. The van der Waals surface area contributed by atoms with Crippen molar-refractivity contribution in [3.63, 3.8) is 0 Å². The van der Waals surface area contributed by atoms with Gasteiger partial charge in [-0.25, -0.2) is 9.78 Å². The average Bonchev–Trinajstić information content (AvgIpc) is 2.34. The number of aromatic amines is 1. The van der Waals surface area contributed by atoms with Gasteiger partial charge in [-0.1, -0.05) is 0 Å². The lowest BCUT2D eigenvalue weighted by molar-refractivity contribution is 0.861. The number of fused-ring (bicyclic) bond motifs is 1. The zero-order valence-corrected chi connectivity index (χ0v) is 6.87. The van der Waals surface area contributed by atoms with E-state index in [0.29, 0.717) is 10.3 Å². The first kappa shape index (κ1) is 6.53. The first-order valence-electron chi connectivity index (χ1n) is 2.86. The summed E-state index contributed by atoms with van der Waals surface area (Å²) in [5.74, 6) is 0. The number of hydrogen-bond donors (Lipinski definition) is 1. The van der Waals surface area contributed by atoms with Crippen molar-refractivity contribution in [2.75, 3.05) is 0 Å². The van der Waals surface area contributed by atoms with Gasteiger partial charge >= 0.3 is 5.69 Å². The smallest absolute Gasteiger partial charge is 0.300 e. The molecule has 0 saturated heterocycles. The minimum Gasteiger partial charge on any atom is -0.300 e. The number of halogens is 1. The summed E-state index contributed by atoms with van der Waals surface area (Å²) in [6.45, 7) is 0. The van der Waals surface area contributed by atoms with Gasteiger partial charge in [-0.2, -0.15) is 9.61 Å². The lowest BCUT2D eigenvalue weighted by atomic mass is 10.6. The van der Waals surface area contributed by atoms with E-state index in [0.717, 1.165) is 0 Å². The van der Waals surface area contributed by atoms with Gasteiger partial charge in [-0.05, 0) is 15.9 Å². The molecule has 0 aliphatic heterocycles. The molecule has 0 fully saturated rings. The second-order valence-corrected chi connectivity index (χ2v) is 2.81. The normalized spacial score (nSPS) is 10.6. The summed E-state index contributed by atoms with van der Waals surface area (Å²) in [6, 6.07) is 1.67. The van der Waals surface area contributed by atoms with Crippen LogP contribution in [0.3, 0.4) is 0 Å². The number of aromatic nitrogens is 4. The maximum atomic E-state index is 11.0. The van der Waals surface area contributed by atoms with E-state index < -0.39 is 0 Å². The van der Waals surface area contributed by atoms with Crippen molar-refractivity contribution in [1.29, 1.82) is 0 Å². The minimum atomic E-state index is -0.299. The molecule has 0 aromatic carbocycles. The molecular weight excluding hydrogens is 212 g/mol. The maximum Gasteiger partial charge on any atom is 0.348 e. The van der Waals surface area contributed by atoms with E-state index in [2.05, 4.69) is 31.0 Å². The van der Waals surface area contributed by atoms with Gasteiger partial charge < -0.3 is 0 Å². The van der Waals surface area contributed by atoms with E-state index in [1.54, 1.807) is 6.07 Å². The Labute approximate surface area is 69.2 Å². The Morgan fingerprint density at radius 3 is 3.27 bits per heavy atom. The molecular formula is C5H3BrN4O. The van der Waals surface area contributed by atoms with E-state index >= 15 is 0 Å². The van der Waals surface area contributed by atoms with Crippen LogP contribution in [0.25, 0.3) is 5.65 Å². The highest BCUT2D eigenvalue weighted by Gasteiger charge is 1.99. The lowest BCUT2D eigenvalue weighted by Gasteiger charge is -1.90. The summed E-state index contributed by atoms with van der Waals surface area (Å²) in [5.41, 5.74) is 0.229. The van der Waals surface area contributed by atoms with Crippen LogP contribution in [0.4, 0.5) is 0 Å². The standard InChI is InChI=1S/C5H3BrN4O/c6-3-1-4-7-2-8-10(4)5(11)9-3/h1-2H,(H,9,11). The Balaban J connectivity index is 3.02. The van der Waals surface area contributed by atoms with Gasteiger partial charge in [0.1, 0.15) is 6.33 Å². The van der Waals surface area contributed by atoms with Gasteiger partial charge in [-0.15, -0.1) is 0 Å². The topological polar surface area (TPSA) is 63.0 Å². The number of nitrogens with one attached hydrogen (secondary N) is 1. The third-order valence-electron chi connectivity index (χ3n) is 1.25. The summed E-state index contributed by atoms with van der Waals surface area (Å²) in [4.78, 5) is 17.4. The van der Waals surface area contributed by atoms with Gasteiger partial charge in [0.05, 0.1) is 4.60 Å². The molecule has 56 valence electrons. The van der Waals surface area contributed by atoms with E-state index in [-0.39, 0.29) is 5.69 Å². The van der Waals surface area contributed by atoms with Crippen molar-refractivity contribution < 1.29 is 0 Å². The highest BCUT2D eigenvalue weighted by molar-refractivity contribution is 9.10. The van der Waals surface area contributed by atoms with Crippen LogP contribution in [-0.4, -0.2) is 19.6 Å². The van der Waals surface area contributed by atoms with Crippen LogP contribution in [0.5, 0.6) is 0 Å². The molecule has 2 rings (SSSR count). The summed E-state index contributed by atoms with van der Waals surface area (Å²) < 4.78 is 1.79. The summed E-state index contributed by atoms with van der Waals surface area (Å²) in [7, 11) is 0. The molecule has 0 saturated carbocycles. The number of nitrogens with zero attached hydrogens (tertiary/aromatic N) is 3. The molecule has 0 spiro atoms. The van der Waals surface area contributed by atoms with Gasteiger partial charge in [0.15, 0.2) is 5.65 Å². The van der Waals surface area contributed by atoms with Crippen LogP contribution < -0.4 is 5.69 Å². The van der Waals surface area contributed by atoms with Crippen molar-refractivity contribution in [3.05, 3.63) is 27.5 Å². The van der Waals surface area contributed by atoms with Crippen LogP contribution in [0, 0.1) is 0 Å². The molecule has 0 radical (unpaired) electrons. The Bertz CT molecular complexity index is 445. The second kappa shape index (κ2) is 2.16. The molecule has 2 aromatic heterocycles. The number of hydrogen-bond acceptors (Lipinski definition) is 3. The molecule has 2 aromatic rings. The maximum absolute atomic E-state index is 11.0. The second-order valence-electron chi connectivity index (χ2n) is 1.95. The van der Waals surface area contributed by atoms with E-state index in [1.165, 1.54) is 10.8 Å². The van der Waals surface area contributed by atoms with Crippen LogP contribution in [0.2, 0.25) is 0 Å². The highest BCUT2D eigenvalue weighted by Crippen LogP contribution is 2.03. The molecule has 1 N–H and O–H groups in total. The third-order valence-corrected chi connectivity index (χ3v) is 1.68. The fraction of sp³-hybridized carbons (Fsp3) is 0. The number of rotatable bonds is 0. The van der Waals surface area contributed by atoms with E-state index in [1.807, 2.05) is 0 Å². The van der Waals surface area contributed by atoms with Crippen molar-refractivity contribution in [2.45, 2.75) is 0 Å². The SMILES string of the molecule is O=c1[nH]c(Br)cc2ncnn12. The zero-order valence-electron chi connectivity index (χ0n) is 5.28. The van der Waals surface area contributed by atoms with Crippen molar-refractivity contribution in [3.8, 4) is 0 Å². The van der Waals surface area contributed by atoms with Crippen LogP contribution in [-0.2, 0) is 0 Å². The molecule has 0 unspecified atom stereocenters. The molecule has 0 bridgehead atoms. The Kier molecular flexibility index (Phi) is 1.28. The molecule has 5 nitrogen and oxygen atoms in total. The Hall–Kier alpha value is -1.17. The van der Waals surface area contributed by atoms with Gasteiger partial charge in [0.25, 0.3) is 0 Å². The van der Waals surface area contributed by atoms with E-state index in [4.69, 9.17) is 0 Å². The molecule has 6 heteroatoms. The van der Waals surface area contributed by atoms with Crippen molar-refractivity contribution >= 4 is 21.6 Å². The van der Waals surface area contributed by atoms with Crippen LogP contribution in [0.15, 0.2) is 21.8 Å². The van der Waals surface area contributed by atoms with Crippen LogP contribution >= 0.6 is 15.9 Å². The fourth-order valence-electron chi connectivity index (χ4n) is 0.810. The molecule has 0 aliphatic rings. The average molecular weight is 215 g/mol. The van der Waals surface area contributed by atoms with Crippen LogP contribution in [0.1, 0.15) is 0 Å².